The number of pyridine rings is 1. The van der Waals surface area contributed by atoms with Gasteiger partial charge in [0.05, 0.1) is 0 Å². The Morgan fingerprint density at radius 1 is 1.00 bits per heavy atom. The van der Waals surface area contributed by atoms with Gasteiger partial charge < -0.3 is 16.5 Å². The number of carbonyl (C=O) groups excluding carboxylic acids is 1. The monoisotopic (exact) mass is 311 g/mol. The number of nitrogens with two attached hydrogens (primary N) is 2. The number of hydrogen-bond acceptors (Lipinski definition) is 3. The number of aromatic amines is 1. The molecule has 0 fully saturated rings. The summed E-state index contributed by atoms with van der Waals surface area (Å²) in [7, 11) is 0. The zero-order chi connectivity index (χ0) is 15.8. The molecule has 0 spiro atoms. The van der Waals surface area contributed by atoms with Gasteiger partial charge in [0.15, 0.2) is 0 Å². The van der Waals surface area contributed by atoms with Crippen molar-refractivity contribution >= 4 is 18.1 Å². The molecule has 0 saturated heterocycles. The molecular weight excluding hydrogens is 282 g/mol. The van der Waals surface area contributed by atoms with Crippen LogP contribution in [0, 0.1) is 4.64 Å². The molecule has 120 valence electrons. The van der Waals surface area contributed by atoms with Crippen LogP contribution in [0.3, 0.4) is 0 Å². The summed E-state index contributed by atoms with van der Waals surface area (Å²) in [5.74, 6) is -0.173. The van der Waals surface area contributed by atoms with E-state index in [1.54, 1.807) is 0 Å². The van der Waals surface area contributed by atoms with Gasteiger partial charge in [-0.2, -0.15) is 0 Å². The molecule has 5 heteroatoms. The summed E-state index contributed by atoms with van der Waals surface area (Å²) in [6, 6.07) is 5.64. The van der Waals surface area contributed by atoms with E-state index < -0.39 is 0 Å². The van der Waals surface area contributed by atoms with Crippen molar-refractivity contribution in [2.24, 2.45) is 11.5 Å². The highest BCUT2D eigenvalue weighted by Gasteiger charge is 1.94. The molecule has 1 rings (SSSR count). The lowest BCUT2D eigenvalue weighted by molar-refractivity contribution is -0.118. The summed E-state index contributed by atoms with van der Waals surface area (Å²) in [4.78, 5) is 13.3. The van der Waals surface area contributed by atoms with Crippen LogP contribution in [0.1, 0.15) is 57.8 Å². The molecule has 21 heavy (non-hydrogen) atoms. The molecule has 0 radical (unpaired) electrons. The third-order valence-corrected chi connectivity index (χ3v) is 3.31. The zero-order valence-corrected chi connectivity index (χ0v) is 13.7. The summed E-state index contributed by atoms with van der Waals surface area (Å²) < 4.78 is 0.780. The number of unbranched alkanes of at least 4 members (excludes halogenated alkanes) is 7. The molecule has 1 heterocycles. The van der Waals surface area contributed by atoms with Crippen LogP contribution >= 0.6 is 12.2 Å². The Morgan fingerprint density at radius 2 is 1.57 bits per heavy atom. The Labute approximate surface area is 133 Å². The first-order valence-electron chi connectivity index (χ1n) is 7.79. The van der Waals surface area contributed by atoms with Crippen molar-refractivity contribution in [2.75, 3.05) is 6.54 Å². The van der Waals surface area contributed by atoms with Gasteiger partial charge in [0.1, 0.15) is 4.64 Å². The second-order valence-electron chi connectivity index (χ2n) is 5.06. The zero-order valence-electron chi connectivity index (χ0n) is 12.9. The van der Waals surface area contributed by atoms with Crippen LogP contribution in [0.2, 0.25) is 0 Å². The van der Waals surface area contributed by atoms with Crippen LogP contribution in [-0.4, -0.2) is 17.4 Å². The smallest absolute Gasteiger partial charge is 0.217 e. The average molecular weight is 311 g/mol. The molecule has 5 N–H and O–H groups in total. The highest BCUT2D eigenvalue weighted by atomic mass is 32.1. The maximum absolute atomic E-state index is 10.4. The predicted molar refractivity (Wildman–Crippen MR) is 91.4 cm³/mol. The van der Waals surface area contributed by atoms with E-state index in [1.165, 1.54) is 32.1 Å². The van der Waals surface area contributed by atoms with Crippen molar-refractivity contribution in [1.82, 2.24) is 4.98 Å². The van der Waals surface area contributed by atoms with E-state index >= 15 is 0 Å². The van der Waals surface area contributed by atoms with Gasteiger partial charge in [-0.3, -0.25) is 4.79 Å². The molecular formula is C16H29N3OS. The summed E-state index contributed by atoms with van der Waals surface area (Å²) in [5, 5.41) is 0. The molecule has 0 unspecified atom stereocenters. The molecule has 0 aliphatic carbocycles. The summed E-state index contributed by atoms with van der Waals surface area (Å²) in [5.41, 5.74) is 10.4. The number of aromatic nitrogens is 1. The third-order valence-electron chi connectivity index (χ3n) is 3.06. The minimum Gasteiger partial charge on any atom is -0.370 e. The van der Waals surface area contributed by atoms with E-state index in [0.717, 1.165) is 30.4 Å². The Bertz CT molecular complexity index is 389. The summed E-state index contributed by atoms with van der Waals surface area (Å²) in [6.07, 6.45) is 12.0. The normalized spacial score (nSPS) is 9.76. The van der Waals surface area contributed by atoms with Crippen molar-refractivity contribution < 1.29 is 4.79 Å². The molecule has 0 aromatic carbocycles. The molecule has 1 amide bonds. The standard InChI is InChI=1S/C11H24N2O.C5H5NS/c12-10-8-6-4-2-1-3-5-7-9-11(13)14;7-5-3-1-2-4-6-5/h1-10,12H2,(H2,13,14);1-4H,(H,6,7). The Balaban J connectivity index is 0.000000471. The number of amides is 1. The van der Waals surface area contributed by atoms with E-state index in [2.05, 4.69) is 4.98 Å². The fraction of sp³-hybridized carbons (Fsp3) is 0.625. The van der Waals surface area contributed by atoms with Gasteiger partial charge in [-0.05, 0) is 31.5 Å². The molecule has 0 bridgehead atoms. The van der Waals surface area contributed by atoms with Gasteiger partial charge in [-0.1, -0.05) is 56.8 Å². The molecule has 0 aliphatic rings. The van der Waals surface area contributed by atoms with Gasteiger partial charge in [0.2, 0.25) is 5.91 Å². The maximum atomic E-state index is 10.4. The average Bonchev–Trinajstić information content (AvgIpc) is 2.47. The van der Waals surface area contributed by atoms with E-state index in [1.807, 2.05) is 24.4 Å². The van der Waals surface area contributed by atoms with Crippen molar-refractivity contribution in [1.29, 1.82) is 0 Å². The number of nitrogens with one attached hydrogen (secondary N) is 1. The van der Waals surface area contributed by atoms with Crippen molar-refractivity contribution in [3.8, 4) is 0 Å². The molecule has 1 aromatic heterocycles. The fourth-order valence-corrected chi connectivity index (χ4v) is 2.03. The fourth-order valence-electron chi connectivity index (χ4n) is 1.88. The summed E-state index contributed by atoms with van der Waals surface area (Å²) in [6.45, 7) is 0.818. The third kappa shape index (κ3) is 16.7. The Kier molecular flexibility index (Phi) is 14.3. The first-order valence-corrected chi connectivity index (χ1v) is 8.19. The largest absolute Gasteiger partial charge is 0.370 e. The second kappa shape index (κ2) is 15.2. The van der Waals surface area contributed by atoms with Gasteiger partial charge in [0.25, 0.3) is 0 Å². The van der Waals surface area contributed by atoms with Gasteiger partial charge >= 0.3 is 0 Å². The van der Waals surface area contributed by atoms with Crippen LogP contribution in [-0.2, 0) is 4.79 Å². The Hall–Kier alpha value is -1.20. The van der Waals surface area contributed by atoms with Crippen molar-refractivity contribution in [3.05, 3.63) is 29.0 Å². The minimum atomic E-state index is -0.173. The topological polar surface area (TPSA) is 84.9 Å². The molecule has 0 aliphatic heterocycles. The van der Waals surface area contributed by atoms with E-state index in [-0.39, 0.29) is 5.91 Å². The Morgan fingerprint density at radius 3 is 1.95 bits per heavy atom. The molecule has 0 atom stereocenters. The van der Waals surface area contributed by atoms with Crippen LogP contribution in [0.4, 0.5) is 0 Å². The van der Waals surface area contributed by atoms with Gasteiger partial charge in [0, 0.05) is 12.6 Å². The second-order valence-corrected chi connectivity index (χ2v) is 5.50. The van der Waals surface area contributed by atoms with Crippen LogP contribution in [0.15, 0.2) is 24.4 Å². The number of hydrogen-bond donors (Lipinski definition) is 3. The molecule has 4 nitrogen and oxygen atoms in total. The van der Waals surface area contributed by atoms with Crippen LogP contribution < -0.4 is 11.5 Å². The lowest BCUT2D eigenvalue weighted by atomic mass is 10.1. The van der Waals surface area contributed by atoms with E-state index in [4.69, 9.17) is 23.7 Å². The first kappa shape index (κ1) is 19.8. The van der Waals surface area contributed by atoms with Gasteiger partial charge in [-0.25, -0.2) is 0 Å². The first-order chi connectivity index (χ1) is 10.2. The minimum absolute atomic E-state index is 0.173. The highest BCUT2D eigenvalue weighted by molar-refractivity contribution is 7.71. The number of primary amides is 1. The highest BCUT2D eigenvalue weighted by Crippen LogP contribution is 2.08. The van der Waals surface area contributed by atoms with E-state index in [9.17, 15) is 4.79 Å². The maximum Gasteiger partial charge on any atom is 0.217 e. The van der Waals surface area contributed by atoms with E-state index in [0.29, 0.717) is 6.42 Å². The lowest BCUT2D eigenvalue weighted by Crippen LogP contribution is -2.09. The molecule has 0 saturated carbocycles. The van der Waals surface area contributed by atoms with Crippen molar-refractivity contribution in [3.63, 3.8) is 0 Å². The van der Waals surface area contributed by atoms with Gasteiger partial charge in [-0.15, -0.1) is 0 Å². The number of carbonyl (C=O) groups is 1. The number of H-pyrrole nitrogens is 1. The lowest BCUT2D eigenvalue weighted by Gasteiger charge is -2.00. The predicted octanol–water partition coefficient (Wildman–Crippen LogP) is 3.69. The number of rotatable bonds is 10. The van der Waals surface area contributed by atoms with Crippen LogP contribution in [0.25, 0.3) is 0 Å². The van der Waals surface area contributed by atoms with Crippen molar-refractivity contribution in [2.45, 2.75) is 57.8 Å². The molecule has 1 aromatic rings. The van der Waals surface area contributed by atoms with Crippen LogP contribution in [0.5, 0.6) is 0 Å². The SMILES string of the molecule is NCCCCCCCCCCC(N)=O.S=c1cccc[nH]1. The quantitative estimate of drug-likeness (QED) is 0.455. The summed E-state index contributed by atoms with van der Waals surface area (Å²) >= 11 is 4.76.